The molecule has 4 rings (SSSR count). The highest BCUT2D eigenvalue weighted by Gasteiger charge is 2.26. The average molecular weight is 435 g/mol. The summed E-state index contributed by atoms with van der Waals surface area (Å²) >= 11 is -1.55. The van der Waals surface area contributed by atoms with Crippen LogP contribution in [0.4, 0.5) is 0 Å². The van der Waals surface area contributed by atoms with Crippen molar-refractivity contribution in [1.82, 2.24) is 9.97 Å². The van der Waals surface area contributed by atoms with Crippen LogP contribution >= 0.6 is 0 Å². The van der Waals surface area contributed by atoms with Crippen molar-refractivity contribution in [1.29, 1.82) is 0 Å². The number of ether oxygens (including phenoxy) is 3. The molecule has 0 aliphatic rings. The van der Waals surface area contributed by atoms with Gasteiger partial charge in [-0.25, -0.2) is 0 Å². The molecule has 31 heavy (non-hydrogen) atoms. The van der Waals surface area contributed by atoms with Crippen molar-refractivity contribution in [2.45, 2.75) is 10.1 Å². The van der Waals surface area contributed by atoms with Gasteiger partial charge in [0.25, 0.3) is 0 Å². The third-order valence-electron chi connectivity index (χ3n) is 4.87. The predicted molar refractivity (Wildman–Crippen MR) is 120 cm³/mol. The number of para-hydroxylation sites is 1. The lowest BCUT2D eigenvalue weighted by Gasteiger charge is -2.09. The molecular weight excluding hydrogens is 412 g/mol. The van der Waals surface area contributed by atoms with E-state index in [1.54, 1.807) is 33.5 Å². The first kappa shape index (κ1) is 20.8. The van der Waals surface area contributed by atoms with Gasteiger partial charge in [-0.3, -0.25) is 4.98 Å². The van der Waals surface area contributed by atoms with Crippen LogP contribution in [0.2, 0.25) is 0 Å². The van der Waals surface area contributed by atoms with Crippen LogP contribution in [0.25, 0.3) is 22.5 Å². The molecule has 3 aromatic carbocycles. The summed E-state index contributed by atoms with van der Waals surface area (Å²) < 4.78 is 29.3. The topological polar surface area (TPSA) is 79.4 Å². The Hall–Kier alpha value is -3.42. The highest BCUT2D eigenvalue weighted by atomic mass is 32.2. The monoisotopic (exact) mass is 434 g/mol. The van der Waals surface area contributed by atoms with E-state index >= 15 is 0 Å². The SMILES string of the molecule is COc1ccc(-c2nc([S+]([O-])c3ccccc3OC)[nH]c2-c2ccc(OC)cc2)cc1. The quantitative estimate of drug-likeness (QED) is 0.417. The van der Waals surface area contributed by atoms with E-state index in [9.17, 15) is 4.55 Å². The molecule has 0 fully saturated rings. The van der Waals surface area contributed by atoms with E-state index < -0.39 is 11.2 Å². The molecule has 0 radical (unpaired) electrons. The van der Waals surface area contributed by atoms with Gasteiger partial charge in [0.05, 0.1) is 38.2 Å². The van der Waals surface area contributed by atoms with Crippen LogP contribution in [0.5, 0.6) is 17.2 Å². The van der Waals surface area contributed by atoms with Crippen molar-refractivity contribution in [3.05, 3.63) is 72.8 Å². The number of nitrogens with one attached hydrogen (secondary N) is 1. The second-order valence-electron chi connectivity index (χ2n) is 6.64. The number of rotatable bonds is 7. The highest BCUT2D eigenvalue weighted by molar-refractivity contribution is 7.91. The summed E-state index contributed by atoms with van der Waals surface area (Å²) in [6.07, 6.45) is 0. The van der Waals surface area contributed by atoms with Crippen molar-refractivity contribution >= 4 is 11.2 Å². The number of methoxy groups -OCH3 is 3. The first-order chi connectivity index (χ1) is 15.1. The van der Waals surface area contributed by atoms with Crippen LogP contribution in [0.1, 0.15) is 0 Å². The lowest BCUT2D eigenvalue weighted by molar-refractivity contribution is 0.402. The maximum atomic E-state index is 13.4. The van der Waals surface area contributed by atoms with E-state index in [0.717, 1.165) is 28.3 Å². The van der Waals surface area contributed by atoms with Gasteiger partial charge in [-0.05, 0) is 60.7 Å². The standard InChI is InChI=1S/C24H22N2O4S/c1-28-18-12-8-16(9-13-18)22-23(17-10-14-19(29-2)15-11-17)26-24(25-22)31(27)21-7-5-4-6-20(21)30-3/h4-15H,1-3H3,(H,25,26). The first-order valence-corrected chi connectivity index (χ1v) is 10.7. The van der Waals surface area contributed by atoms with Crippen molar-refractivity contribution < 1.29 is 18.8 Å². The van der Waals surface area contributed by atoms with E-state index in [1.807, 2.05) is 60.7 Å². The Morgan fingerprint density at radius 1 is 0.742 bits per heavy atom. The summed E-state index contributed by atoms with van der Waals surface area (Å²) in [5.41, 5.74) is 3.26. The minimum Gasteiger partial charge on any atom is -0.604 e. The van der Waals surface area contributed by atoms with E-state index in [1.165, 1.54) is 0 Å². The molecule has 1 unspecified atom stereocenters. The van der Waals surface area contributed by atoms with Crippen LogP contribution < -0.4 is 14.2 Å². The number of aromatic nitrogens is 2. The molecule has 0 aliphatic carbocycles. The average Bonchev–Trinajstić information content (AvgIpc) is 3.29. The summed E-state index contributed by atoms with van der Waals surface area (Å²) in [6.45, 7) is 0. The molecule has 1 atom stereocenters. The molecule has 0 amide bonds. The van der Waals surface area contributed by atoms with Gasteiger partial charge in [-0.1, -0.05) is 12.1 Å². The Kier molecular flexibility index (Phi) is 6.16. The lowest BCUT2D eigenvalue weighted by atomic mass is 10.0. The molecule has 158 valence electrons. The van der Waals surface area contributed by atoms with Crippen molar-refractivity contribution in [2.75, 3.05) is 21.3 Å². The number of hydrogen-bond acceptors (Lipinski definition) is 5. The Morgan fingerprint density at radius 3 is 1.90 bits per heavy atom. The van der Waals surface area contributed by atoms with Gasteiger partial charge in [-0.2, -0.15) is 4.98 Å². The summed E-state index contributed by atoms with van der Waals surface area (Å²) in [5.74, 6) is 2.06. The van der Waals surface area contributed by atoms with Gasteiger partial charge in [0.2, 0.25) is 4.90 Å². The molecule has 0 aliphatic heterocycles. The minimum atomic E-state index is -1.55. The van der Waals surface area contributed by atoms with E-state index in [0.29, 0.717) is 21.5 Å². The zero-order valence-electron chi connectivity index (χ0n) is 17.4. The highest BCUT2D eigenvalue weighted by Crippen LogP contribution is 2.35. The normalized spacial score (nSPS) is 11.7. The van der Waals surface area contributed by atoms with Crippen LogP contribution in [0.3, 0.4) is 0 Å². The fourth-order valence-electron chi connectivity index (χ4n) is 3.24. The number of H-pyrrole nitrogens is 1. The van der Waals surface area contributed by atoms with Gasteiger partial charge >= 0.3 is 5.16 Å². The van der Waals surface area contributed by atoms with E-state index in [2.05, 4.69) is 4.98 Å². The summed E-state index contributed by atoms with van der Waals surface area (Å²) in [5, 5.41) is 0.348. The summed E-state index contributed by atoms with van der Waals surface area (Å²) in [6, 6.07) is 22.5. The van der Waals surface area contributed by atoms with Gasteiger partial charge in [0, 0.05) is 11.1 Å². The van der Waals surface area contributed by atoms with Crippen LogP contribution in [-0.2, 0) is 11.2 Å². The minimum absolute atomic E-state index is 0.348. The van der Waals surface area contributed by atoms with Crippen LogP contribution in [0.15, 0.2) is 82.8 Å². The maximum absolute atomic E-state index is 13.4. The molecular formula is C24H22N2O4S. The molecule has 0 saturated carbocycles. The summed E-state index contributed by atoms with van der Waals surface area (Å²) in [4.78, 5) is 8.55. The third kappa shape index (κ3) is 4.23. The Labute approximate surface area is 184 Å². The molecule has 4 aromatic rings. The van der Waals surface area contributed by atoms with Crippen molar-refractivity contribution in [2.24, 2.45) is 0 Å². The molecule has 0 bridgehead atoms. The van der Waals surface area contributed by atoms with E-state index in [-0.39, 0.29) is 0 Å². The summed E-state index contributed by atoms with van der Waals surface area (Å²) in [7, 11) is 4.81. The Balaban J connectivity index is 1.82. The van der Waals surface area contributed by atoms with Crippen LogP contribution in [0, 0.1) is 0 Å². The van der Waals surface area contributed by atoms with Gasteiger partial charge < -0.3 is 18.8 Å². The zero-order chi connectivity index (χ0) is 21.8. The van der Waals surface area contributed by atoms with Gasteiger partial charge in [0.1, 0.15) is 17.2 Å². The Bertz CT molecular complexity index is 1090. The van der Waals surface area contributed by atoms with E-state index in [4.69, 9.17) is 19.2 Å². The predicted octanol–water partition coefficient (Wildman–Crippen LogP) is 4.94. The van der Waals surface area contributed by atoms with Crippen molar-refractivity contribution in [3.8, 4) is 39.8 Å². The number of aromatic amines is 1. The number of imidazole rings is 1. The van der Waals surface area contributed by atoms with Gasteiger partial charge in [-0.15, -0.1) is 0 Å². The second-order valence-corrected chi connectivity index (χ2v) is 8.01. The van der Waals surface area contributed by atoms with Gasteiger partial charge in [0.15, 0.2) is 5.75 Å². The number of hydrogen-bond donors (Lipinski definition) is 1. The molecule has 0 spiro atoms. The third-order valence-corrected chi connectivity index (χ3v) is 6.15. The maximum Gasteiger partial charge on any atom is 0.327 e. The molecule has 1 N–H and O–H groups in total. The molecule has 1 aromatic heterocycles. The molecule has 6 nitrogen and oxygen atoms in total. The molecule has 0 saturated heterocycles. The zero-order valence-corrected chi connectivity index (χ0v) is 18.2. The number of benzene rings is 3. The Morgan fingerprint density at radius 2 is 1.32 bits per heavy atom. The first-order valence-electron chi connectivity index (χ1n) is 9.58. The lowest BCUT2D eigenvalue weighted by Crippen LogP contribution is -2.06. The fraction of sp³-hybridized carbons (Fsp3) is 0.125. The van der Waals surface area contributed by atoms with Crippen molar-refractivity contribution in [3.63, 3.8) is 0 Å². The second kappa shape index (κ2) is 9.16. The number of nitrogens with zero attached hydrogens (tertiary/aromatic N) is 1. The largest absolute Gasteiger partial charge is 0.604 e. The molecule has 7 heteroatoms. The smallest absolute Gasteiger partial charge is 0.327 e. The molecule has 1 heterocycles. The fourth-order valence-corrected chi connectivity index (χ4v) is 4.35. The van der Waals surface area contributed by atoms with Crippen LogP contribution in [-0.4, -0.2) is 35.9 Å².